The van der Waals surface area contributed by atoms with Crippen molar-refractivity contribution in [3.8, 4) is 16.6 Å². The summed E-state index contributed by atoms with van der Waals surface area (Å²) in [6, 6.07) is 9.36. The fourth-order valence-electron chi connectivity index (χ4n) is 3.41. The molecule has 0 spiro atoms. The first-order valence-corrected chi connectivity index (χ1v) is 11.9. The molecule has 1 amide bonds. The smallest absolute Gasteiger partial charge is 0.358 e. The lowest BCUT2D eigenvalue weighted by atomic mass is 10.1. The first kappa shape index (κ1) is 21.5. The van der Waals surface area contributed by atoms with Gasteiger partial charge in [-0.15, -0.1) is 22.7 Å². The number of ether oxygens (including phenoxy) is 1. The molecule has 158 valence electrons. The maximum absolute atomic E-state index is 12.3. The second kappa shape index (κ2) is 9.60. The van der Waals surface area contributed by atoms with Crippen LogP contribution < -0.4 is 5.32 Å². The molecule has 31 heavy (non-hydrogen) atoms. The Morgan fingerprint density at radius 3 is 2.74 bits per heavy atom. The highest BCUT2D eigenvalue weighted by Gasteiger charge is 2.22. The van der Waals surface area contributed by atoms with E-state index in [0.717, 1.165) is 43.2 Å². The summed E-state index contributed by atoms with van der Waals surface area (Å²) in [5.41, 5.74) is 2.57. The first-order chi connectivity index (χ1) is 15.0. The number of anilines is 1. The fourth-order valence-corrected chi connectivity index (χ4v) is 5.59. The minimum absolute atomic E-state index is 0.142. The largest absolute Gasteiger partial charge is 0.451 e. The number of nitrogens with one attached hydrogen (secondary N) is 1. The molecule has 1 N–H and O–H groups in total. The van der Waals surface area contributed by atoms with Crippen LogP contribution in [0.2, 0.25) is 5.02 Å². The van der Waals surface area contributed by atoms with Gasteiger partial charge in [0, 0.05) is 20.8 Å². The van der Waals surface area contributed by atoms with Crippen molar-refractivity contribution >= 4 is 51.2 Å². The van der Waals surface area contributed by atoms with Crippen molar-refractivity contribution in [3.05, 3.63) is 56.4 Å². The molecule has 1 aliphatic rings. The van der Waals surface area contributed by atoms with Crippen molar-refractivity contribution in [3.63, 3.8) is 0 Å². The summed E-state index contributed by atoms with van der Waals surface area (Å²) in [6.45, 7) is -0.444. The van der Waals surface area contributed by atoms with Gasteiger partial charge in [0.1, 0.15) is 16.1 Å². The van der Waals surface area contributed by atoms with Crippen LogP contribution in [0.15, 0.2) is 29.6 Å². The van der Waals surface area contributed by atoms with E-state index in [0.29, 0.717) is 20.6 Å². The average molecular weight is 472 g/mol. The molecular weight excluding hydrogens is 454 g/mol. The number of aryl methyl sites for hydroxylation is 1. The second-order valence-corrected chi connectivity index (χ2v) is 9.45. The lowest BCUT2D eigenvalue weighted by molar-refractivity contribution is -0.119. The number of hydrogen-bond acceptors (Lipinski definition) is 7. The Balaban J connectivity index is 1.37. The number of thiophene rings is 1. The van der Waals surface area contributed by atoms with E-state index in [2.05, 4.69) is 16.4 Å². The molecule has 0 unspecified atom stereocenters. The van der Waals surface area contributed by atoms with E-state index >= 15 is 0 Å². The number of nitrogens with zero attached hydrogens (tertiary/aromatic N) is 2. The van der Waals surface area contributed by atoms with Crippen molar-refractivity contribution in [2.75, 3.05) is 11.9 Å². The van der Waals surface area contributed by atoms with Crippen LogP contribution in [0.1, 0.15) is 45.8 Å². The van der Waals surface area contributed by atoms with Crippen LogP contribution in [0.5, 0.6) is 0 Å². The molecule has 4 rings (SSSR count). The molecule has 0 aliphatic heterocycles. The van der Waals surface area contributed by atoms with Crippen LogP contribution in [0, 0.1) is 11.3 Å². The van der Waals surface area contributed by atoms with Gasteiger partial charge in [-0.2, -0.15) is 5.26 Å². The molecule has 1 aliphatic carbocycles. The fraction of sp³-hybridized carbons (Fsp3) is 0.273. The molecular formula is C22H18ClN3O3S2. The Hall–Kier alpha value is -2.73. The van der Waals surface area contributed by atoms with Crippen LogP contribution in [-0.2, 0) is 22.4 Å². The van der Waals surface area contributed by atoms with E-state index < -0.39 is 18.5 Å². The number of hydrogen-bond donors (Lipinski definition) is 1. The molecule has 0 fully saturated rings. The second-order valence-electron chi connectivity index (χ2n) is 7.05. The number of carbonyl (C=O) groups excluding carboxylic acids is 2. The van der Waals surface area contributed by atoms with E-state index in [-0.39, 0.29) is 5.69 Å². The minimum Gasteiger partial charge on any atom is -0.451 e. The van der Waals surface area contributed by atoms with Crippen molar-refractivity contribution in [1.29, 1.82) is 5.26 Å². The van der Waals surface area contributed by atoms with Gasteiger partial charge in [-0.25, -0.2) is 9.78 Å². The van der Waals surface area contributed by atoms with Crippen LogP contribution in [0.25, 0.3) is 10.6 Å². The van der Waals surface area contributed by atoms with Crippen molar-refractivity contribution in [1.82, 2.24) is 4.98 Å². The summed E-state index contributed by atoms with van der Waals surface area (Å²) in [5.74, 6) is -1.15. The molecule has 2 heterocycles. The molecule has 3 aromatic rings. The van der Waals surface area contributed by atoms with Gasteiger partial charge in [0.05, 0.1) is 5.56 Å². The lowest BCUT2D eigenvalue weighted by Gasteiger charge is -2.05. The quantitative estimate of drug-likeness (QED) is 0.394. The molecule has 6 nitrogen and oxygen atoms in total. The number of carbonyl (C=O) groups is 2. The number of rotatable bonds is 5. The summed E-state index contributed by atoms with van der Waals surface area (Å²) in [7, 11) is 0. The predicted octanol–water partition coefficient (Wildman–Crippen LogP) is 5.46. The van der Waals surface area contributed by atoms with Gasteiger partial charge in [0.25, 0.3) is 5.91 Å². The number of nitriles is 1. The minimum atomic E-state index is -0.672. The summed E-state index contributed by atoms with van der Waals surface area (Å²) in [5, 5.41) is 15.7. The van der Waals surface area contributed by atoms with E-state index in [1.807, 2.05) is 12.1 Å². The number of fused-ring (bicyclic) bond motifs is 1. The van der Waals surface area contributed by atoms with Crippen LogP contribution >= 0.6 is 34.3 Å². The van der Waals surface area contributed by atoms with Gasteiger partial charge >= 0.3 is 5.97 Å². The molecule has 9 heteroatoms. The highest BCUT2D eigenvalue weighted by molar-refractivity contribution is 7.16. The summed E-state index contributed by atoms with van der Waals surface area (Å²) < 4.78 is 5.12. The number of aromatic nitrogens is 1. The maximum Gasteiger partial charge on any atom is 0.358 e. The standard InChI is InChI=1S/C22H18ClN3O3S2/c23-14-8-6-13(7-9-14)20-25-17(12-30-20)22(28)29-11-19(27)26-21-16(10-24)15-4-2-1-3-5-18(15)31-21/h6-9,12H,1-5,11H2,(H,26,27). The number of esters is 1. The first-order valence-electron chi connectivity index (χ1n) is 9.78. The third-order valence-corrected chi connectivity index (χ3v) is 7.28. The molecule has 0 radical (unpaired) electrons. The number of benzene rings is 1. The maximum atomic E-state index is 12.3. The molecule has 0 saturated carbocycles. The molecule has 0 bridgehead atoms. The summed E-state index contributed by atoms with van der Waals surface area (Å²) >= 11 is 8.64. The van der Waals surface area contributed by atoms with E-state index in [1.54, 1.807) is 17.5 Å². The average Bonchev–Trinajstić information content (AvgIpc) is 3.31. The SMILES string of the molecule is N#Cc1c(NC(=O)COC(=O)c2csc(-c3ccc(Cl)cc3)n2)sc2c1CCCCC2. The Morgan fingerprint density at radius 2 is 1.97 bits per heavy atom. The molecule has 1 aromatic carbocycles. The highest BCUT2D eigenvalue weighted by atomic mass is 35.5. The molecule has 0 atom stereocenters. The van der Waals surface area contributed by atoms with E-state index in [4.69, 9.17) is 16.3 Å². The summed E-state index contributed by atoms with van der Waals surface area (Å²) in [6.07, 6.45) is 5.09. The topological polar surface area (TPSA) is 92.1 Å². The third kappa shape index (κ3) is 4.96. The van der Waals surface area contributed by atoms with Gasteiger partial charge in [0.15, 0.2) is 12.3 Å². The zero-order valence-corrected chi connectivity index (χ0v) is 18.8. The normalized spacial score (nSPS) is 13.0. The van der Waals surface area contributed by atoms with Crippen LogP contribution in [-0.4, -0.2) is 23.5 Å². The monoisotopic (exact) mass is 471 g/mol. The number of halogens is 1. The van der Waals surface area contributed by atoms with Gasteiger partial charge < -0.3 is 10.1 Å². The zero-order valence-electron chi connectivity index (χ0n) is 16.4. The number of amides is 1. The predicted molar refractivity (Wildman–Crippen MR) is 122 cm³/mol. The Labute approximate surface area is 192 Å². The van der Waals surface area contributed by atoms with Crippen LogP contribution in [0.3, 0.4) is 0 Å². The van der Waals surface area contributed by atoms with Gasteiger partial charge in [-0.3, -0.25) is 4.79 Å². The zero-order chi connectivity index (χ0) is 21.8. The molecule has 2 aromatic heterocycles. The van der Waals surface area contributed by atoms with Crippen LogP contribution in [0.4, 0.5) is 5.00 Å². The Morgan fingerprint density at radius 1 is 1.19 bits per heavy atom. The van der Waals surface area contributed by atoms with Gasteiger partial charge in [-0.1, -0.05) is 30.2 Å². The van der Waals surface area contributed by atoms with Gasteiger partial charge in [-0.05, 0) is 43.4 Å². The van der Waals surface area contributed by atoms with Crippen molar-refractivity contribution in [2.24, 2.45) is 0 Å². The number of thiazole rings is 1. The Kier molecular flexibility index (Phi) is 6.66. The Bertz CT molecular complexity index is 1160. The highest BCUT2D eigenvalue weighted by Crippen LogP contribution is 2.37. The van der Waals surface area contributed by atoms with Gasteiger partial charge in [0.2, 0.25) is 0 Å². The summed E-state index contributed by atoms with van der Waals surface area (Å²) in [4.78, 5) is 30.1. The van der Waals surface area contributed by atoms with E-state index in [1.165, 1.54) is 27.6 Å². The third-order valence-electron chi connectivity index (χ3n) is 4.92. The molecule has 0 saturated heterocycles. The van der Waals surface area contributed by atoms with E-state index in [9.17, 15) is 14.9 Å². The van der Waals surface area contributed by atoms with Crippen molar-refractivity contribution in [2.45, 2.75) is 32.1 Å². The lowest BCUT2D eigenvalue weighted by Crippen LogP contribution is -2.21. The van der Waals surface area contributed by atoms with Crippen molar-refractivity contribution < 1.29 is 14.3 Å².